The van der Waals surface area contributed by atoms with Gasteiger partial charge in [-0.05, 0) is 36.4 Å². The molecule has 1 N–H and O–H groups in total. The SMILES string of the molecule is COc1ccc(O)c(C=Nc2ccc(Cl)c(C(F)(F)F)c2)c1. The van der Waals surface area contributed by atoms with Crippen molar-refractivity contribution in [3.63, 3.8) is 0 Å². The van der Waals surface area contributed by atoms with Crippen molar-refractivity contribution in [1.29, 1.82) is 0 Å². The molecule has 116 valence electrons. The second kappa shape index (κ2) is 6.27. The van der Waals surface area contributed by atoms with Gasteiger partial charge in [-0.1, -0.05) is 11.6 Å². The van der Waals surface area contributed by atoms with Crippen molar-refractivity contribution in [3.05, 3.63) is 52.5 Å². The van der Waals surface area contributed by atoms with Gasteiger partial charge in [0.25, 0.3) is 0 Å². The Morgan fingerprint density at radius 1 is 1.18 bits per heavy atom. The Labute approximate surface area is 129 Å². The first-order chi connectivity index (χ1) is 10.3. The Balaban J connectivity index is 2.35. The zero-order valence-corrected chi connectivity index (χ0v) is 12.1. The van der Waals surface area contributed by atoms with Crippen LogP contribution < -0.4 is 4.74 Å². The molecular formula is C15H11ClF3NO2. The monoisotopic (exact) mass is 329 g/mol. The van der Waals surface area contributed by atoms with Crippen LogP contribution in [0.15, 0.2) is 41.4 Å². The fraction of sp³-hybridized carbons (Fsp3) is 0.133. The molecule has 0 spiro atoms. The summed E-state index contributed by atoms with van der Waals surface area (Å²) in [5.41, 5.74) is -0.569. The Kier molecular flexibility index (Phi) is 4.61. The predicted molar refractivity (Wildman–Crippen MR) is 78.4 cm³/mol. The molecule has 0 aliphatic carbocycles. The maximum absolute atomic E-state index is 12.8. The van der Waals surface area contributed by atoms with Crippen molar-refractivity contribution in [2.75, 3.05) is 7.11 Å². The van der Waals surface area contributed by atoms with Gasteiger partial charge in [-0.2, -0.15) is 13.2 Å². The first-order valence-corrected chi connectivity index (χ1v) is 6.47. The van der Waals surface area contributed by atoms with Crippen molar-refractivity contribution in [2.24, 2.45) is 4.99 Å². The average molecular weight is 330 g/mol. The third kappa shape index (κ3) is 3.71. The fourth-order valence-electron chi connectivity index (χ4n) is 1.72. The van der Waals surface area contributed by atoms with Crippen LogP contribution in [0.4, 0.5) is 18.9 Å². The Hall–Kier alpha value is -2.21. The van der Waals surface area contributed by atoms with Crippen molar-refractivity contribution in [3.8, 4) is 11.5 Å². The van der Waals surface area contributed by atoms with Gasteiger partial charge < -0.3 is 9.84 Å². The highest BCUT2D eigenvalue weighted by Crippen LogP contribution is 2.36. The summed E-state index contributed by atoms with van der Waals surface area (Å²) < 4.78 is 43.3. The zero-order valence-electron chi connectivity index (χ0n) is 11.4. The quantitative estimate of drug-likeness (QED) is 0.820. The first kappa shape index (κ1) is 16.2. The minimum absolute atomic E-state index is 0.0606. The summed E-state index contributed by atoms with van der Waals surface area (Å²) in [6.45, 7) is 0. The van der Waals surface area contributed by atoms with E-state index >= 15 is 0 Å². The van der Waals surface area contributed by atoms with E-state index < -0.39 is 16.8 Å². The molecule has 0 bridgehead atoms. The van der Waals surface area contributed by atoms with E-state index in [0.717, 1.165) is 12.1 Å². The van der Waals surface area contributed by atoms with Gasteiger partial charge in [0, 0.05) is 11.8 Å². The third-order valence-corrected chi connectivity index (χ3v) is 3.17. The number of phenols is 1. The first-order valence-electron chi connectivity index (χ1n) is 6.09. The highest BCUT2D eigenvalue weighted by atomic mass is 35.5. The minimum atomic E-state index is -4.55. The molecule has 2 aromatic rings. The lowest BCUT2D eigenvalue weighted by Crippen LogP contribution is -2.05. The number of methoxy groups -OCH3 is 1. The lowest BCUT2D eigenvalue weighted by molar-refractivity contribution is -0.137. The summed E-state index contributed by atoms with van der Waals surface area (Å²) in [6, 6.07) is 7.79. The van der Waals surface area contributed by atoms with E-state index in [0.29, 0.717) is 11.3 Å². The molecule has 0 saturated heterocycles. The van der Waals surface area contributed by atoms with Crippen LogP contribution in [-0.4, -0.2) is 18.4 Å². The van der Waals surface area contributed by atoms with Crippen LogP contribution in [0.3, 0.4) is 0 Å². The molecule has 2 aromatic carbocycles. The van der Waals surface area contributed by atoms with E-state index in [9.17, 15) is 18.3 Å². The number of alkyl halides is 3. The van der Waals surface area contributed by atoms with Gasteiger partial charge in [0.1, 0.15) is 11.5 Å². The standard InChI is InChI=1S/C15H11ClF3NO2/c1-22-11-3-5-14(21)9(6-11)8-20-10-2-4-13(16)12(7-10)15(17,18)19/h2-8,21H,1H3. The fourth-order valence-corrected chi connectivity index (χ4v) is 1.94. The summed E-state index contributed by atoms with van der Waals surface area (Å²) in [6.07, 6.45) is -3.30. The molecule has 7 heteroatoms. The van der Waals surface area contributed by atoms with Gasteiger partial charge in [-0.15, -0.1) is 0 Å². The van der Waals surface area contributed by atoms with Crippen LogP contribution >= 0.6 is 11.6 Å². The second-order valence-corrected chi connectivity index (χ2v) is 4.75. The molecule has 0 saturated carbocycles. The summed E-state index contributed by atoms with van der Waals surface area (Å²) >= 11 is 5.53. The van der Waals surface area contributed by atoms with E-state index in [4.69, 9.17) is 16.3 Å². The molecule has 0 aliphatic rings. The molecule has 0 fully saturated rings. The summed E-state index contributed by atoms with van der Waals surface area (Å²) in [4.78, 5) is 3.93. The van der Waals surface area contributed by atoms with Crippen molar-refractivity contribution < 1.29 is 23.0 Å². The van der Waals surface area contributed by atoms with E-state index in [1.54, 1.807) is 6.07 Å². The van der Waals surface area contributed by atoms with Gasteiger partial charge in [-0.3, -0.25) is 4.99 Å². The number of nitrogens with zero attached hydrogens (tertiary/aromatic N) is 1. The van der Waals surface area contributed by atoms with Crippen LogP contribution in [0.1, 0.15) is 11.1 Å². The number of phenolic OH excluding ortho intramolecular Hbond substituents is 1. The van der Waals surface area contributed by atoms with Crippen molar-refractivity contribution >= 4 is 23.5 Å². The zero-order chi connectivity index (χ0) is 16.3. The summed E-state index contributed by atoms with van der Waals surface area (Å²) in [7, 11) is 1.46. The number of aromatic hydroxyl groups is 1. The van der Waals surface area contributed by atoms with E-state index in [1.807, 2.05) is 0 Å². The average Bonchev–Trinajstić information content (AvgIpc) is 2.46. The van der Waals surface area contributed by atoms with Crippen molar-refractivity contribution in [2.45, 2.75) is 6.18 Å². The third-order valence-electron chi connectivity index (χ3n) is 2.84. The highest BCUT2D eigenvalue weighted by Gasteiger charge is 2.33. The number of aliphatic imine (C=N–C) groups is 1. The van der Waals surface area contributed by atoms with Crippen LogP contribution in [0.2, 0.25) is 5.02 Å². The van der Waals surface area contributed by atoms with E-state index in [1.165, 1.54) is 31.5 Å². The van der Waals surface area contributed by atoms with Gasteiger partial charge in [0.2, 0.25) is 0 Å². The molecule has 0 atom stereocenters. The molecule has 0 amide bonds. The smallest absolute Gasteiger partial charge is 0.417 e. The Bertz CT molecular complexity index is 714. The molecule has 0 aliphatic heterocycles. The van der Waals surface area contributed by atoms with Crippen LogP contribution in [-0.2, 0) is 6.18 Å². The van der Waals surface area contributed by atoms with Crippen LogP contribution in [0.25, 0.3) is 0 Å². The maximum Gasteiger partial charge on any atom is 0.417 e. The predicted octanol–water partition coefficient (Wildman–Crippen LogP) is 4.82. The normalized spacial score (nSPS) is 11.9. The Morgan fingerprint density at radius 3 is 2.55 bits per heavy atom. The molecule has 22 heavy (non-hydrogen) atoms. The number of rotatable bonds is 3. The van der Waals surface area contributed by atoms with Crippen LogP contribution in [0, 0.1) is 0 Å². The molecule has 0 aromatic heterocycles. The molecule has 0 radical (unpaired) electrons. The summed E-state index contributed by atoms with van der Waals surface area (Å²) in [5, 5.41) is 9.30. The molecule has 3 nitrogen and oxygen atoms in total. The number of hydrogen-bond acceptors (Lipinski definition) is 3. The van der Waals surface area contributed by atoms with Crippen molar-refractivity contribution in [1.82, 2.24) is 0 Å². The van der Waals surface area contributed by atoms with E-state index in [-0.39, 0.29) is 11.4 Å². The second-order valence-electron chi connectivity index (χ2n) is 4.34. The van der Waals surface area contributed by atoms with Gasteiger partial charge in [0.15, 0.2) is 0 Å². The van der Waals surface area contributed by atoms with E-state index in [2.05, 4.69) is 4.99 Å². The minimum Gasteiger partial charge on any atom is -0.507 e. The highest BCUT2D eigenvalue weighted by molar-refractivity contribution is 6.31. The molecule has 0 heterocycles. The number of ether oxygens (including phenoxy) is 1. The molecular weight excluding hydrogens is 319 g/mol. The van der Waals surface area contributed by atoms with Gasteiger partial charge in [-0.25, -0.2) is 0 Å². The topological polar surface area (TPSA) is 41.8 Å². The lowest BCUT2D eigenvalue weighted by atomic mass is 10.2. The van der Waals surface area contributed by atoms with Gasteiger partial charge in [0.05, 0.1) is 23.4 Å². The molecule has 0 unspecified atom stereocenters. The Morgan fingerprint density at radius 2 is 1.91 bits per heavy atom. The lowest BCUT2D eigenvalue weighted by Gasteiger charge is -2.09. The number of halogens is 4. The largest absolute Gasteiger partial charge is 0.507 e. The van der Waals surface area contributed by atoms with Gasteiger partial charge >= 0.3 is 6.18 Å². The van der Waals surface area contributed by atoms with Crippen LogP contribution in [0.5, 0.6) is 11.5 Å². The summed E-state index contributed by atoms with van der Waals surface area (Å²) in [5.74, 6) is 0.431. The molecule has 2 rings (SSSR count). The number of hydrogen-bond donors (Lipinski definition) is 1. The maximum atomic E-state index is 12.8. The number of benzene rings is 2.